The maximum atomic E-state index is 12.3. The Morgan fingerprint density at radius 3 is 2.20 bits per heavy atom. The van der Waals surface area contributed by atoms with E-state index in [1.54, 1.807) is 6.08 Å². The van der Waals surface area contributed by atoms with Crippen molar-refractivity contribution in [1.82, 2.24) is 10.5 Å². The van der Waals surface area contributed by atoms with E-state index in [1.807, 2.05) is 6.08 Å². The Labute approximate surface area is 137 Å². The Hall–Kier alpha value is -2.04. The second-order valence-corrected chi connectivity index (χ2v) is 6.05. The Bertz CT molecular complexity index is 638. The summed E-state index contributed by atoms with van der Waals surface area (Å²) in [6, 6.07) is 0.926. The molecule has 0 bridgehead atoms. The van der Waals surface area contributed by atoms with Gasteiger partial charge in [0.2, 0.25) is 5.76 Å². The lowest BCUT2D eigenvalue weighted by Crippen LogP contribution is -2.59. The number of alkyl halides is 6. The SMILES string of the molecule is FC(F)(F)c1cc(C=CC2CC3(CNC3)C2)no1.O=C(O)C(F)(F)F. The third-order valence-corrected chi connectivity index (χ3v) is 3.98. The van der Waals surface area contributed by atoms with E-state index < -0.39 is 24.1 Å². The molecule has 2 N–H and O–H groups in total. The molecule has 0 radical (unpaired) electrons. The van der Waals surface area contributed by atoms with E-state index in [0.29, 0.717) is 11.3 Å². The van der Waals surface area contributed by atoms with Crippen molar-refractivity contribution in [2.75, 3.05) is 13.1 Å². The van der Waals surface area contributed by atoms with Gasteiger partial charge in [-0.05, 0) is 30.3 Å². The van der Waals surface area contributed by atoms with Gasteiger partial charge >= 0.3 is 18.3 Å². The smallest absolute Gasteiger partial charge is 0.475 e. The minimum atomic E-state index is -5.08. The quantitative estimate of drug-likeness (QED) is 0.779. The van der Waals surface area contributed by atoms with Crippen LogP contribution in [0, 0.1) is 11.3 Å². The summed E-state index contributed by atoms with van der Waals surface area (Å²) in [6.45, 7) is 2.14. The predicted octanol–water partition coefficient (Wildman–Crippen LogP) is 3.34. The fraction of sp³-hybridized carbons (Fsp3) is 0.571. The molecule has 2 fully saturated rings. The minimum Gasteiger partial charge on any atom is -0.475 e. The number of aliphatic carboxylic acids is 1. The molecule has 0 atom stereocenters. The number of halogens is 6. The van der Waals surface area contributed by atoms with E-state index in [2.05, 4.69) is 15.0 Å². The van der Waals surface area contributed by atoms with Crippen molar-refractivity contribution in [3.05, 3.63) is 23.6 Å². The Morgan fingerprint density at radius 1 is 1.28 bits per heavy atom. The van der Waals surface area contributed by atoms with Crippen molar-refractivity contribution in [2.24, 2.45) is 11.3 Å². The van der Waals surface area contributed by atoms with Gasteiger partial charge in [0.25, 0.3) is 0 Å². The molecule has 1 aliphatic carbocycles. The van der Waals surface area contributed by atoms with Crippen LogP contribution < -0.4 is 5.32 Å². The van der Waals surface area contributed by atoms with Gasteiger partial charge in [-0.1, -0.05) is 11.2 Å². The highest BCUT2D eigenvalue weighted by atomic mass is 19.4. The number of carboxylic acid groups (broad SMARTS) is 1. The van der Waals surface area contributed by atoms with Crippen LogP contribution in [0.25, 0.3) is 6.08 Å². The van der Waals surface area contributed by atoms with E-state index in [4.69, 9.17) is 9.90 Å². The molecule has 5 nitrogen and oxygen atoms in total. The van der Waals surface area contributed by atoms with Crippen molar-refractivity contribution in [3.63, 3.8) is 0 Å². The summed E-state index contributed by atoms with van der Waals surface area (Å²) < 4.78 is 72.8. The van der Waals surface area contributed by atoms with Gasteiger partial charge in [-0.15, -0.1) is 0 Å². The molecule has 2 heterocycles. The van der Waals surface area contributed by atoms with Crippen LogP contribution in [0.15, 0.2) is 16.7 Å². The molecule has 0 unspecified atom stereocenters. The minimum absolute atomic E-state index is 0.231. The third-order valence-electron chi connectivity index (χ3n) is 3.98. The lowest BCUT2D eigenvalue weighted by atomic mass is 9.58. The fourth-order valence-electron chi connectivity index (χ4n) is 2.69. The molecule has 140 valence electrons. The first-order valence-corrected chi connectivity index (χ1v) is 7.14. The first-order chi connectivity index (χ1) is 11.4. The van der Waals surface area contributed by atoms with Crippen molar-refractivity contribution in [1.29, 1.82) is 0 Å². The van der Waals surface area contributed by atoms with Gasteiger partial charge in [-0.2, -0.15) is 26.3 Å². The van der Waals surface area contributed by atoms with Gasteiger partial charge < -0.3 is 14.9 Å². The zero-order chi connectivity index (χ0) is 18.9. The van der Waals surface area contributed by atoms with Crippen LogP contribution in [-0.4, -0.2) is 35.5 Å². The van der Waals surface area contributed by atoms with Crippen molar-refractivity contribution >= 4 is 12.0 Å². The standard InChI is InChI=1S/C12H13F3N2O.C2HF3O2/c13-12(14,15)10-3-9(17-18-10)2-1-8-4-11(5-8)6-16-7-11;3-2(4,5)1(6)7/h1-3,8,16H,4-7H2;(H,6,7). The van der Waals surface area contributed by atoms with Gasteiger partial charge in [0, 0.05) is 19.2 Å². The molecule has 1 aromatic rings. The molecule has 11 heteroatoms. The zero-order valence-corrected chi connectivity index (χ0v) is 12.6. The van der Waals surface area contributed by atoms with Crippen LogP contribution in [0.4, 0.5) is 26.3 Å². The van der Waals surface area contributed by atoms with Crippen LogP contribution >= 0.6 is 0 Å². The molecule has 1 aromatic heterocycles. The number of allylic oxidation sites excluding steroid dienone is 1. The van der Waals surface area contributed by atoms with Gasteiger partial charge in [0.05, 0.1) is 0 Å². The van der Waals surface area contributed by atoms with Crippen LogP contribution in [0.5, 0.6) is 0 Å². The maximum absolute atomic E-state index is 12.3. The lowest BCUT2D eigenvalue weighted by molar-refractivity contribution is -0.192. The summed E-state index contributed by atoms with van der Waals surface area (Å²) in [5, 5.41) is 13.8. The molecule has 1 saturated carbocycles. The van der Waals surface area contributed by atoms with Crippen LogP contribution in [0.2, 0.25) is 0 Å². The van der Waals surface area contributed by atoms with Crippen LogP contribution in [0.3, 0.4) is 0 Å². The summed E-state index contributed by atoms with van der Waals surface area (Å²) in [6.07, 6.45) is -3.78. The van der Waals surface area contributed by atoms with Crippen LogP contribution in [-0.2, 0) is 11.0 Å². The number of aromatic nitrogens is 1. The summed E-state index contributed by atoms with van der Waals surface area (Å²) in [5.74, 6) is -3.35. The summed E-state index contributed by atoms with van der Waals surface area (Å²) in [4.78, 5) is 8.90. The Morgan fingerprint density at radius 2 is 1.84 bits per heavy atom. The van der Waals surface area contributed by atoms with Gasteiger partial charge in [0.1, 0.15) is 5.69 Å². The number of nitrogens with one attached hydrogen (secondary N) is 1. The molecule has 25 heavy (non-hydrogen) atoms. The second kappa shape index (κ2) is 6.70. The van der Waals surface area contributed by atoms with Crippen molar-refractivity contribution in [3.8, 4) is 0 Å². The third kappa shape index (κ3) is 4.97. The van der Waals surface area contributed by atoms with Gasteiger partial charge in [-0.3, -0.25) is 0 Å². The van der Waals surface area contributed by atoms with E-state index in [1.165, 1.54) is 0 Å². The molecular formula is C14H14F6N2O3. The number of hydrogen-bond acceptors (Lipinski definition) is 4. The highest BCUT2D eigenvalue weighted by Gasteiger charge is 2.47. The highest BCUT2D eigenvalue weighted by molar-refractivity contribution is 5.73. The predicted molar refractivity (Wildman–Crippen MR) is 72.3 cm³/mol. The number of hydrogen-bond donors (Lipinski definition) is 2. The average Bonchev–Trinajstić information content (AvgIpc) is 2.83. The van der Waals surface area contributed by atoms with E-state index in [-0.39, 0.29) is 5.69 Å². The summed E-state index contributed by atoms with van der Waals surface area (Å²) in [7, 11) is 0. The summed E-state index contributed by atoms with van der Waals surface area (Å²) >= 11 is 0. The first kappa shape index (κ1) is 19.3. The second-order valence-electron chi connectivity index (χ2n) is 6.05. The monoisotopic (exact) mass is 372 g/mol. The fourth-order valence-corrected chi connectivity index (χ4v) is 2.69. The van der Waals surface area contributed by atoms with Crippen molar-refractivity contribution in [2.45, 2.75) is 25.2 Å². The largest absolute Gasteiger partial charge is 0.490 e. The maximum Gasteiger partial charge on any atom is 0.490 e. The molecule has 1 saturated heterocycles. The number of nitrogens with zero attached hydrogens (tertiary/aromatic N) is 1. The number of carbonyl (C=O) groups is 1. The molecule has 1 spiro atoms. The summed E-state index contributed by atoms with van der Waals surface area (Å²) in [5.41, 5.74) is 0.700. The molecule has 2 aliphatic rings. The highest BCUT2D eigenvalue weighted by Crippen LogP contribution is 2.49. The normalized spacial score (nSPS) is 19.9. The number of rotatable bonds is 2. The molecular weight excluding hydrogens is 358 g/mol. The lowest BCUT2D eigenvalue weighted by Gasteiger charge is -2.53. The topological polar surface area (TPSA) is 75.4 Å². The molecule has 1 aliphatic heterocycles. The van der Waals surface area contributed by atoms with Crippen molar-refractivity contribution < 1.29 is 40.8 Å². The first-order valence-electron chi connectivity index (χ1n) is 7.14. The molecule has 3 rings (SSSR count). The van der Waals surface area contributed by atoms with E-state index in [9.17, 15) is 26.3 Å². The van der Waals surface area contributed by atoms with Gasteiger partial charge in [0.15, 0.2) is 0 Å². The average molecular weight is 372 g/mol. The Balaban J connectivity index is 0.000000277. The van der Waals surface area contributed by atoms with E-state index in [0.717, 1.165) is 32.0 Å². The molecule has 0 amide bonds. The Kier molecular flexibility index (Phi) is 5.17. The van der Waals surface area contributed by atoms with Gasteiger partial charge in [-0.25, -0.2) is 4.79 Å². The van der Waals surface area contributed by atoms with Crippen LogP contribution in [0.1, 0.15) is 24.3 Å². The molecule has 0 aromatic carbocycles. The van der Waals surface area contributed by atoms with E-state index >= 15 is 0 Å². The number of carboxylic acids is 1. The zero-order valence-electron chi connectivity index (χ0n) is 12.6.